The van der Waals surface area contributed by atoms with Crippen molar-refractivity contribution in [3.05, 3.63) is 24.3 Å². The molecular formula is C10H15NO2. The van der Waals surface area contributed by atoms with Crippen molar-refractivity contribution in [3.63, 3.8) is 0 Å². The zero-order valence-corrected chi connectivity index (χ0v) is 8.04. The molecular weight excluding hydrogens is 166 g/mol. The summed E-state index contributed by atoms with van der Waals surface area (Å²) >= 11 is 0. The first-order valence-corrected chi connectivity index (χ1v) is 4.23. The third kappa shape index (κ3) is 3.34. The summed E-state index contributed by atoms with van der Waals surface area (Å²) in [6.07, 6.45) is 0. The third-order valence-electron chi connectivity index (χ3n) is 1.71. The van der Waals surface area contributed by atoms with Gasteiger partial charge < -0.3 is 14.8 Å². The van der Waals surface area contributed by atoms with Crippen molar-refractivity contribution in [2.45, 2.75) is 0 Å². The lowest BCUT2D eigenvalue weighted by Gasteiger charge is -2.06. The molecule has 1 rings (SSSR count). The Morgan fingerprint density at radius 3 is 2.85 bits per heavy atom. The van der Waals surface area contributed by atoms with Gasteiger partial charge in [-0.1, -0.05) is 6.07 Å². The predicted octanol–water partition coefficient (Wildman–Crippen LogP) is 1.75. The van der Waals surface area contributed by atoms with Crippen LogP contribution in [0.15, 0.2) is 24.3 Å². The second-order valence-corrected chi connectivity index (χ2v) is 2.65. The summed E-state index contributed by atoms with van der Waals surface area (Å²) in [4.78, 5) is 0. The molecule has 0 amide bonds. The van der Waals surface area contributed by atoms with Crippen molar-refractivity contribution in [2.24, 2.45) is 0 Å². The molecule has 0 aromatic heterocycles. The molecule has 0 saturated carbocycles. The quantitative estimate of drug-likeness (QED) is 0.702. The fraction of sp³-hybridized carbons (Fsp3) is 0.400. The third-order valence-corrected chi connectivity index (χ3v) is 1.71. The molecule has 1 N–H and O–H groups in total. The summed E-state index contributed by atoms with van der Waals surface area (Å²) in [5, 5.41) is 3.22. The van der Waals surface area contributed by atoms with Crippen molar-refractivity contribution >= 4 is 5.69 Å². The van der Waals surface area contributed by atoms with Gasteiger partial charge in [0.25, 0.3) is 0 Å². The van der Waals surface area contributed by atoms with Gasteiger partial charge in [0.1, 0.15) is 5.75 Å². The highest BCUT2D eigenvalue weighted by Crippen LogP contribution is 2.15. The number of methoxy groups -OCH3 is 2. The molecule has 0 bridgehead atoms. The Balaban J connectivity index is 2.46. The largest absolute Gasteiger partial charge is 0.497 e. The normalized spacial score (nSPS) is 9.69. The summed E-state index contributed by atoms with van der Waals surface area (Å²) in [7, 11) is 3.35. The van der Waals surface area contributed by atoms with Crippen molar-refractivity contribution in [1.82, 2.24) is 0 Å². The number of hydrogen-bond acceptors (Lipinski definition) is 3. The second-order valence-electron chi connectivity index (χ2n) is 2.65. The highest BCUT2D eigenvalue weighted by atomic mass is 16.5. The first kappa shape index (κ1) is 9.86. The van der Waals surface area contributed by atoms with Gasteiger partial charge in [-0.2, -0.15) is 0 Å². The van der Waals surface area contributed by atoms with E-state index in [4.69, 9.17) is 9.47 Å². The molecule has 1 aromatic carbocycles. The van der Waals surface area contributed by atoms with E-state index >= 15 is 0 Å². The molecule has 0 saturated heterocycles. The van der Waals surface area contributed by atoms with E-state index in [2.05, 4.69) is 5.32 Å². The van der Waals surface area contributed by atoms with Crippen molar-refractivity contribution in [3.8, 4) is 5.75 Å². The molecule has 0 fully saturated rings. The summed E-state index contributed by atoms with van der Waals surface area (Å²) in [6.45, 7) is 1.51. The second kappa shape index (κ2) is 5.43. The van der Waals surface area contributed by atoms with Gasteiger partial charge in [-0.05, 0) is 12.1 Å². The fourth-order valence-corrected chi connectivity index (χ4v) is 1.03. The van der Waals surface area contributed by atoms with E-state index in [-0.39, 0.29) is 0 Å². The molecule has 13 heavy (non-hydrogen) atoms. The number of hydrogen-bond donors (Lipinski definition) is 1. The Morgan fingerprint density at radius 2 is 2.15 bits per heavy atom. The molecule has 72 valence electrons. The lowest BCUT2D eigenvalue weighted by molar-refractivity contribution is 0.211. The van der Waals surface area contributed by atoms with E-state index in [1.807, 2.05) is 24.3 Å². The molecule has 3 heteroatoms. The maximum atomic E-state index is 5.09. The standard InChI is InChI=1S/C10H15NO2/c1-12-7-6-11-9-4-3-5-10(8-9)13-2/h3-5,8,11H,6-7H2,1-2H3. The van der Waals surface area contributed by atoms with Gasteiger partial charge in [-0.15, -0.1) is 0 Å². The van der Waals surface area contributed by atoms with Crippen LogP contribution in [0, 0.1) is 0 Å². The molecule has 0 unspecified atom stereocenters. The minimum Gasteiger partial charge on any atom is -0.497 e. The lowest BCUT2D eigenvalue weighted by Crippen LogP contribution is -2.07. The van der Waals surface area contributed by atoms with Crippen LogP contribution in [-0.4, -0.2) is 27.4 Å². The van der Waals surface area contributed by atoms with Crippen LogP contribution < -0.4 is 10.1 Å². The Labute approximate surface area is 78.7 Å². The predicted molar refractivity (Wildman–Crippen MR) is 53.4 cm³/mol. The Morgan fingerprint density at radius 1 is 1.31 bits per heavy atom. The average molecular weight is 181 g/mol. The van der Waals surface area contributed by atoms with Crippen molar-refractivity contribution in [1.29, 1.82) is 0 Å². The van der Waals surface area contributed by atoms with Crippen LogP contribution in [0.2, 0.25) is 0 Å². The summed E-state index contributed by atoms with van der Waals surface area (Å²) in [6, 6.07) is 7.82. The first-order chi connectivity index (χ1) is 6.36. The first-order valence-electron chi connectivity index (χ1n) is 4.23. The Kier molecular flexibility index (Phi) is 4.12. The van der Waals surface area contributed by atoms with Gasteiger partial charge in [0.05, 0.1) is 13.7 Å². The maximum absolute atomic E-state index is 5.09. The number of anilines is 1. The summed E-state index contributed by atoms with van der Waals surface area (Å²) in [5.41, 5.74) is 1.05. The van der Waals surface area contributed by atoms with E-state index < -0.39 is 0 Å². The number of benzene rings is 1. The fourth-order valence-electron chi connectivity index (χ4n) is 1.03. The van der Waals surface area contributed by atoms with Crippen LogP contribution in [-0.2, 0) is 4.74 Å². The van der Waals surface area contributed by atoms with E-state index in [1.165, 1.54) is 0 Å². The number of nitrogens with one attached hydrogen (secondary N) is 1. The molecule has 3 nitrogen and oxygen atoms in total. The molecule has 0 spiro atoms. The molecule has 0 aliphatic carbocycles. The van der Waals surface area contributed by atoms with E-state index in [0.29, 0.717) is 6.61 Å². The topological polar surface area (TPSA) is 30.5 Å². The molecule has 0 aliphatic heterocycles. The number of ether oxygens (including phenoxy) is 2. The van der Waals surface area contributed by atoms with Gasteiger partial charge in [0.2, 0.25) is 0 Å². The highest BCUT2D eigenvalue weighted by Gasteiger charge is 1.93. The molecule has 0 radical (unpaired) electrons. The molecule has 0 aliphatic rings. The summed E-state index contributed by atoms with van der Waals surface area (Å²) in [5.74, 6) is 0.863. The van der Waals surface area contributed by atoms with Crippen LogP contribution in [0.25, 0.3) is 0 Å². The molecule has 0 heterocycles. The van der Waals surface area contributed by atoms with Crippen LogP contribution in [0.5, 0.6) is 5.75 Å². The monoisotopic (exact) mass is 181 g/mol. The molecule has 1 aromatic rings. The number of rotatable bonds is 5. The van der Waals surface area contributed by atoms with Crippen LogP contribution in [0.3, 0.4) is 0 Å². The zero-order valence-electron chi connectivity index (χ0n) is 8.04. The van der Waals surface area contributed by atoms with Crippen molar-refractivity contribution in [2.75, 3.05) is 32.7 Å². The van der Waals surface area contributed by atoms with E-state index in [0.717, 1.165) is 18.0 Å². The minimum absolute atomic E-state index is 0.706. The van der Waals surface area contributed by atoms with E-state index in [1.54, 1.807) is 14.2 Å². The van der Waals surface area contributed by atoms with Gasteiger partial charge in [0.15, 0.2) is 0 Å². The Bertz CT molecular complexity index is 250. The lowest BCUT2D eigenvalue weighted by atomic mass is 10.3. The highest BCUT2D eigenvalue weighted by molar-refractivity contribution is 5.47. The van der Waals surface area contributed by atoms with Crippen LogP contribution in [0.4, 0.5) is 5.69 Å². The summed E-state index contributed by atoms with van der Waals surface area (Å²) < 4.78 is 10.0. The van der Waals surface area contributed by atoms with Gasteiger partial charge in [0, 0.05) is 25.4 Å². The zero-order chi connectivity index (χ0) is 9.52. The SMILES string of the molecule is COCCNc1cccc(OC)c1. The van der Waals surface area contributed by atoms with Gasteiger partial charge in [-0.25, -0.2) is 0 Å². The van der Waals surface area contributed by atoms with Crippen LogP contribution in [0.1, 0.15) is 0 Å². The van der Waals surface area contributed by atoms with Gasteiger partial charge >= 0.3 is 0 Å². The van der Waals surface area contributed by atoms with Gasteiger partial charge in [-0.3, -0.25) is 0 Å². The maximum Gasteiger partial charge on any atom is 0.120 e. The minimum atomic E-state index is 0.706. The van der Waals surface area contributed by atoms with Crippen LogP contribution >= 0.6 is 0 Å². The smallest absolute Gasteiger partial charge is 0.120 e. The van der Waals surface area contributed by atoms with E-state index in [9.17, 15) is 0 Å². The Hall–Kier alpha value is -1.22. The molecule has 0 atom stereocenters. The average Bonchev–Trinajstić information content (AvgIpc) is 2.19. The van der Waals surface area contributed by atoms with Crippen molar-refractivity contribution < 1.29 is 9.47 Å².